The van der Waals surface area contributed by atoms with Gasteiger partial charge >= 0.3 is 0 Å². The van der Waals surface area contributed by atoms with Gasteiger partial charge in [-0.05, 0) is 25.1 Å². The van der Waals surface area contributed by atoms with E-state index in [0.717, 1.165) is 17.0 Å². The van der Waals surface area contributed by atoms with E-state index >= 15 is 0 Å². The third-order valence-corrected chi connectivity index (χ3v) is 4.55. The van der Waals surface area contributed by atoms with E-state index in [-0.39, 0.29) is 12.0 Å². The summed E-state index contributed by atoms with van der Waals surface area (Å²) in [5.74, 6) is 1.31. The summed E-state index contributed by atoms with van der Waals surface area (Å²) >= 11 is 0. The molecule has 0 saturated heterocycles. The van der Waals surface area contributed by atoms with E-state index in [4.69, 9.17) is 9.47 Å². The van der Waals surface area contributed by atoms with Gasteiger partial charge in [-0.3, -0.25) is 9.89 Å². The molecule has 0 aliphatic carbocycles. The van der Waals surface area contributed by atoms with Gasteiger partial charge < -0.3 is 14.4 Å². The first-order valence-corrected chi connectivity index (χ1v) is 8.86. The van der Waals surface area contributed by atoms with Gasteiger partial charge in [-0.25, -0.2) is 0 Å². The number of ether oxygens (including phenoxy) is 2. The Hall–Kier alpha value is -3.28. The average molecular weight is 363 g/mol. The number of rotatable bonds is 4. The maximum atomic E-state index is 12.7. The molecule has 0 radical (unpaired) electrons. The van der Waals surface area contributed by atoms with Gasteiger partial charge in [0.05, 0.1) is 12.2 Å². The second-order valence-corrected chi connectivity index (χ2v) is 6.72. The number of hydrogen-bond acceptors (Lipinski definition) is 4. The molecule has 3 aromatic rings. The highest BCUT2D eigenvalue weighted by atomic mass is 16.6. The molecule has 1 amide bonds. The quantitative estimate of drug-likeness (QED) is 0.772. The molecule has 1 aliphatic rings. The summed E-state index contributed by atoms with van der Waals surface area (Å²) in [5, 5.41) is 7.11. The van der Waals surface area contributed by atoms with Crippen molar-refractivity contribution in [3.05, 3.63) is 65.9 Å². The highest BCUT2D eigenvalue weighted by molar-refractivity contribution is 5.93. The molecule has 1 N–H and O–H groups in total. The van der Waals surface area contributed by atoms with Crippen molar-refractivity contribution in [3.8, 4) is 22.8 Å². The Labute approximate surface area is 157 Å². The Bertz CT molecular complexity index is 949. The van der Waals surface area contributed by atoms with E-state index in [1.165, 1.54) is 5.56 Å². The topological polar surface area (TPSA) is 67.5 Å². The molecule has 0 fully saturated rings. The van der Waals surface area contributed by atoms with Gasteiger partial charge in [0.25, 0.3) is 5.91 Å². The SMILES string of the molecule is Cc1ccc(-c2cc(C(=O)N(C)C[C@@H]3COc4ccccc4O3)[nH]n2)cc1. The highest BCUT2D eigenvalue weighted by Crippen LogP contribution is 2.31. The molecule has 0 saturated carbocycles. The van der Waals surface area contributed by atoms with Crippen LogP contribution in [0.3, 0.4) is 0 Å². The maximum absolute atomic E-state index is 12.7. The van der Waals surface area contributed by atoms with Crippen LogP contribution in [-0.2, 0) is 0 Å². The lowest BCUT2D eigenvalue weighted by Gasteiger charge is -2.29. The van der Waals surface area contributed by atoms with E-state index < -0.39 is 0 Å². The van der Waals surface area contributed by atoms with Gasteiger partial charge in [-0.15, -0.1) is 0 Å². The lowest BCUT2D eigenvalue weighted by atomic mass is 10.1. The smallest absolute Gasteiger partial charge is 0.271 e. The Morgan fingerprint density at radius 1 is 1.19 bits per heavy atom. The fourth-order valence-corrected chi connectivity index (χ4v) is 3.05. The van der Waals surface area contributed by atoms with E-state index in [1.54, 1.807) is 18.0 Å². The number of para-hydroxylation sites is 2. The second kappa shape index (κ2) is 7.15. The molecule has 2 heterocycles. The van der Waals surface area contributed by atoms with Crippen molar-refractivity contribution >= 4 is 5.91 Å². The standard InChI is InChI=1S/C21H21N3O3/c1-14-7-9-15(10-8-14)17-11-18(23-22-17)21(25)24(2)12-16-13-26-19-5-3-4-6-20(19)27-16/h3-11,16H,12-13H2,1-2H3,(H,22,23)/t16-/m1/s1. The number of nitrogens with one attached hydrogen (secondary N) is 1. The number of fused-ring (bicyclic) bond motifs is 1. The Balaban J connectivity index is 1.42. The molecule has 0 bridgehead atoms. The number of aryl methyl sites for hydroxylation is 1. The number of benzene rings is 2. The zero-order chi connectivity index (χ0) is 18.8. The van der Waals surface area contributed by atoms with Crippen molar-refractivity contribution in [1.82, 2.24) is 15.1 Å². The molecule has 6 nitrogen and oxygen atoms in total. The van der Waals surface area contributed by atoms with Crippen LogP contribution in [0.15, 0.2) is 54.6 Å². The lowest BCUT2D eigenvalue weighted by Crippen LogP contribution is -2.41. The van der Waals surface area contributed by atoms with E-state index in [1.807, 2.05) is 55.5 Å². The van der Waals surface area contributed by atoms with Crippen LogP contribution in [0, 0.1) is 6.92 Å². The van der Waals surface area contributed by atoms with Crippen molar-refractivity contribution in [2.24, 2.45) is 0 Å². The summed E-state index contributed by atoms with van der Waals surface area (Å²) in [6.45, 7) is 2.87. The van der Waals surface area contributed by atoms with Crippen LogP contribution in [0.2, 0.25) is 0 Å². The number of hydrogen-bond donors (Lipinski definition) is 1. The van der Waals surface area contributed by atoms with Gasteiger partial charge in [0.15, 0.2) is 17.6 Å². The molecule has 0 spiro atoms. The zero-order valence-corrected chi connectivity index (χ0v) is 15.3. The zero-order valence-electron chi connectivity index (χ0n) is 15.3. The van der Waals surface area contributed by atoms with Crippen molar-refractivity contribution in [2.75, 3.05) is 20.2 Å². The minimum Gasteiger partial charge on any atom is -0.486 e. The number of likely N-dealkylation sites (N-methyl/N-ethyl adjacent to an activating group) is 1. The van der Waals surface area contributed by atoms with Crippen LogP contribution in [0.25, 0.3) is 11.3 Å². The normalized spacial score (nSPS) is 15.4. The monoisotopic (exact) mass is 363 g/mol. The number of nitrogens with zero attached hydrogens (tertiary/aromatic N) is 2. The summed E-state index contributed by atoms with van der Waals surface area (Å²) in [6.07, 6.45) is -0.214. The second-order valence-electron chi connectivity index (χ2n) is 6.72. The third kappa shape index (κ3) is 3.65. The molecular weight excluding hydrogens is 342 g/mol. The van der Waals surface area contributed by atoms with Gasteiger partial charge in [0.1, 0.15) is 12.3 Å². The fourth-order valence-electron chi connectivity index (χ4n) is 3.05. The minimum absolute atomic E-state index is 0.136. The molecule has 4 rings (SSSR count). The maximum Gasteiger partial charge on any atom is 0.271 e. The number of H-pyrrole nitrogens is 1. The Kier molecular flexibility index (Phi) is 4.54. The Morgan fingerprint density at radius 2 is 1.93 bits per heavy atom. The van der Waals surface area contributed by atoms with Gasteiger partial charge in [-0.1, -0.05) is 42.0 Å². The molecule has 1 atom stereocenters. The fraction of sp³-hybridized carbons (Fsp3) is 0.238. The number of aromatic nitrogens is 2. The van der Waals surface area contributed by atoms with Crippen LogP contribution >= 0.6 is 0 Å². The first-order chi connectivity index (χ1) is 13.1. The summed E-state index contributed by atoms with van der Waals surface area (Å²) in [4.78, 5) is 14.3. The first-order valence-electron chi connectivity index (χ1n) is 8.86. The Morgan fingerprint density at radius 3 is 2.70 bits per heavy atom. The van der Waals surface area contributed by atoms with Crippen LogP contribution < -0.4 is 9.47 Å². The predicted molar refractivity (Wildman–Crippen MR) is 102 cm³/mol. The number of carbonyl (C=O) groups excluding carboxylic acids is 1. The van der Waals surface area contributed by atoms with Crippen LogP contribution in [-0.4, -0.2) is 47.3 Å². The average Bonchev–Trinajstić information content (AvgIpc) is 3.18. The van der Waals surface area contributed by atoms with Crippen LogP contribution in [0.1, 0.15) is 16.1 Å². The summed E-state index contributed by atoms with van der Waals surface area (Å²) < 4.78 is 11.6. The predicted octanol–water partition coefficient (Wildman–Crippen LogP) is 3.30. The number of aromatic amines is 1. The molecule has 1 aliphatic heterocycles. The van der Waals surface area contributed by atoms with Crippen LogP contribution in [0.4, 0.5) is 0 Å². The van der Waals surface area contributed by atoms with E-state index in [2.05, 4.69) is 10.2 Å². The molecular formula is C21H21N3O3. The minimum atomic E-state index is -0.214. The summed E-state index contributed by atoms with van der Waals surface area (Å²) in [5.41, 5.74) is 3.35. The molecule has 2 aromatic carbocycles. The highest BCUT2D eigenvalue weighted by Gasteiger charge is 2.25. The van der Waals surface area contributed by atoms with Gasteiger partial charge in [0, 0.05) is 12.6 Å². The molecule has 138 valence electrons. The first kappa shape index (κ1) is 17.1. The molecule has 1 aromatic heterocycles. The molecule has 0 unspecified atom stereocenters. The summed E-state index contributed by atoms with van der Waals surface area (Å²) in [7, 11) is 1.75. The molecule has 6 heteroatoms. The van der Waals surface area contributed by atoms with E-state index in [9.17, 15) is 4.79 Å². The largest absolute Gasteiger partial charge is 0.486 e. The van der Waals surface area contributed by atoms with E-state index in [0.29, 0.717) is 24.6 Å². The van der Waals surface area contributed by atoms with Crippen molar-refractivity contribution in [1.29, 1.82) is 0 Å². The number of carbonyl (C=O) groups is 1. The van der Waals surface area contributed by atoms with Crippen LogP contribution in [0.5, 0.6) is 11.5 Å². The van der Waals surface area contributed by atoms with Gasteiger partial charge in [0.2, 0.25) is 0 Å². The number of amides is 1. The van der Waals surface area contributed by atoms with Crippen molar-refractivity contribution in [3.63, 3.8) is 0 Å². The lowest BCUT2D eigenvalue weighted by molar-refractivity contribution is 0.0517. The van der Waals surface area contributed by atoms with Gasteiger partial charge in [-0.2, -0.15) is 5.10 Å². The van der Waals surface area contributed by atoms with Crippen molar-refractivity contribution < 1.29 is 14.3 Å². The summed E-state index contributed by atoms with van der Waals surface area (Å²) in [6, 6.07) is 17.4. The third-order valence-electron chi connectivity index (χ3n) is 4.55. The molecule has 27 heavy (non-hydrogen) atoms. The van der Waals surface area contributed by atoms with Crippen molar-refractivity contribution in [2.45, 2.75) is 13.0 Å².